The smallest absolute Gasteiger partial charge is 0.225 e. The fraction of sp³-hybridized carbons (Fsp3) is 0.550. The summed E-state index contributed by atoms with van der Waals surface area (Å²) in [4.78, 5) is 18.5. The molecule has 1 aromatic carbocycles. The lowest BCUT2D eigenvalue weighted by Crippen LogP contribution is -2.26. The number of amides is 1. The van der Waals surface area contributed by atoms with E-state index in [0.29, 0.717) is 5.82 Å². The van der Waals surface area contributed by atoms with Crippen molar-refractivity contribution in [2.45, 2.75) is 51.4 Å². The predicted octanol–water partition coefficient (Wildman–Crippen LogP) is 1.98. The average molecular weight is 353 g/mol. The second-order valence-electron chi connectivity index (χ2n) is 7.66. The van der Waals surface area contributed by atoms with E-state index in [1.54, 1.807) is 0 Å². The van der Waals surface area contributed by atoms with Crippen LogP contribution in [-0.4, -0.2) is 45.2 Å². The van der Waals surface area contributed by atoms with Crippen LogP contribution in [0.1, 0.15) is 54.9 Å². The molecule has 1 fully saturated rings. The van der Waals surface area contributed by atoms with Crippen LogP contribution in [0.3, 0.4) is 0 Å². The lowest BCUT2D eigenvalue weighted by Gasteiger charge is -2.20. The van der Waals surface area contributed by atoms with E-state index < -0.39 is 5.91 Å². The normalized spacial score (nSPS) is 18.2. The summed E-state index contributed by atoms with van der Waals surface area (Å²) in [6.45, 7) is 5.48. The Morgan fingerprint density at radius 2 is 1.96 bits per heavy atom. The minimum absolute atomic E-state index is 0.0847. The number of nitrogens with two attached hydrogens (primary N) is 1. The maximum atomic E-state index is 11.4. The number of carbonyl (C=O) groups is 1. The van der Waals surface area contributed by atoms with Crippen LogP contribution in [0.15, 0.2) is 18.2 Å². The maximum absolute atomic E-state index is 11.4. The average Bonchev–Trinajstić information content (AvgIpc) is 3.33. The molecule has 2 heterocycles. The molecule has 1 aliphatic heterocycles. The summed E-state index contributed by atoms with van der Waals surface area (Å²) in [5.74, 6) is 1.29. The van der Waals surface area contributed by atoms with Gasteiger partial charge in [0.25, 0.3) is 0 Å². The number of carbonyl (C=O) groups excluding carboxylic acids is 1. The summed E-state index contributed by atoms with van der Waals surface area (Å²) in [6.07, 6.45) is 6.15. The Morgan fingerprint density at radius 1 is 1.19 bits per heavy atom. The van der Waals surface area contributed by atoms with Crippen molar-refractivity contribution in [2.24, 2.45) is 5.73 Å². The first-order valence-corrected chi connectivity index (χ1v) is 9.69. The molecule has 2 N–H and O–H groups in total. The van der Waals surface area contributed by atoms with E-state index in [0.717, 1.165) is 44.0 Å². The van der Waals surface area contributed by atoms with Gasteiger partial charge in [-0.2, -0.15) is 5.10 Å². The van der Waals surface area contributed by atoms with Gasteiger partial charge in [0.05, 0.1) is 12.1 Å². The highest BCUT2D eigenvalue weighted by Crippen LogP contribution is 2.26. The molecular weight excluding hydrogens is 326 g/mol. The summed E-state index contributed by atoms with van der Waals surface area (Å²) in [6, 6.07) is 6.57. The van der Waals surface area contributed by atoms with Gasteiger partial charge in [-0.3, -0.25) is 4.79 Å². The highest BCUT2D eigenvalue weighted by atomic mass is 16.1. The molecule has 4 rings (SSSR count). The van der Waals surface area contributed by atoms with E-state index >= 15 is 0 Å². The summed E-state index contributed by atoms with van der Waals surface area (Å²) < 4.78 is 1.93. The summed E-state index contributed by atoms with van der Waals surface area (Å²) in [5.41, 5.74) is 9.26. The zero-order valence-corrected chi connectivity index (χ0v) is 15.4. The van der Waals surface area contributed by atoms with Gasteiger partial charge in [0.2, 0.25) is 5.91 Å². The Labute approximate surface area is 154 Å². The summed E-state index contributed by atoms with van der Waals surface area (Å²) in [7, 11) is 0. The van der Waals surface area contributed by atoms with Gasteiger partial charge in [-0.05, 0) is 68.5 Å². The van der Waals surface area contributed by atoms with E-state index in [1.807, 2.05) is 4.68 Å². The SMILES string of the molecule is CC(CN1CCCC1)c1nc(CC(N)=O)nn1-c1ccc2c(c1)CCC2. The van der Waals surface area contributed by atoms with Crippen molar-refractivity contribution in [1.82, 2.24) is 19.7 Å². The summed E-state index contributed by atoms with van der Waals surface area (Å²) in [5, 5.41) is 4.63. The Bertz CT molecular complexity index is 807. The van der Waals surface area contributed by atoms with E-state index in [1.165, 1.54) is 30.4 Å². The number of hydrogen-bond acceptors (Lipinski definition) is 4. The second kappa shape index (κ2) is 7.19. The number of nitrogens with zero attached hydrogens (tertiary/aromatic N) is 4. The van der Waals surface area contributed by atoms with E-state index in [9.17, 15) is 4.79 Å². The van der Waals surface area contributed by atoms with Crippen LogP contribution in [0.25, 0.3) is 5.69 Å². The third-order valence-corrected chi connectivity index (χ3v) is 5.51. The number of benzene rings is 1. The fourth-order valence-corrected chi connectivity index (χ4v) is 4.23. The van der Waals surface area contributed by atoms with Gasteiger partial charge in [0, 0.05) is 12.5 Å². The number of aromatic nitrogens is 3. The van der Waals surface area contributed by atoms with Crippen molar-refractivity contribution in [3.63, 3.8) is 0 Å². The quantitative estimate of drug-likeness (QED) is 0.861. The topological polar surface area (TPSA) is 77.0 Å². The van der Waals surface area contributed by atoms with Gasteiger partial charge in [-0.1, -0.05) is 13.0 Å². The van der Waals surface area contributed by atoms with E-state index in [2.05, 4.69) is 40.1 Å². The third-order valence-electron chi connectivity index (χ3n) is 5.51. The van der Waals surface area contributed by atoms with Gasteiger partial charge in [-0.25, -0.2) is 9.67 Å². The third kappa shape index (κ3) is 3.51. The van der Waals surface area contributed by atoms with Gasteiger partial charge >= 0.3 is 0 Å². The molecule has 1 unspecified atom stereocenters. The van der Waals surface area contributed by atoms with Gasteiger partial charge in [0.15, 0.2) is 5.82 Å². The zero-order valence-electron chi connectivity index (χ0n) is 15.4. The van der Waals surface area contributed by atoms with Crippen molar-refractivity contribution in [3.05, 3.63) is 41.0 Å². The molecule has 1 amide bonds. The maximum Gasteiger partial charge on any atom is 0.225 e. The number of rotatable bonds is 6. The largest absolute Gasteiger partial charge is 0.369 e. The van der Waals surface area contributed by atoms with Crippen LogP contribution in [0.5, 0.6) is 0 Å². The van der Waals surface area contributed by atoms with E-state index in [-0.39, 0.29) is 12.3 Å². The molecule has 0 saturated carbocycles. The van der Waals surface area contributed by atoms with Gasteiger partial charge in [-0.15, -0.1) is 0 Å². The Kier molecular flexibility index (Phi) is 4.76. The molecule has 1 aromatic heterocycles. The van der Waals surface area contributed by atoms with Crippen LogP contribution in [-0.2, 0) is 24.1 Å². The molecule has 0 bridgehead atoms. The fourth-order valence-electron chi connectivity index (χ4n) is 4.23. The molecule has 2 aromatic rings. The number of aryl methyl sites for hydroxylation is 2. The first-order chi connectivity index (χ1) is 12.6. The molecule has 1 aliphatic carbocycles. The molecule has 26 heavy (non-hydrogen) atoms. The second-order valence-corrected chi connectivity index (χ2v) is 7.66. The Balaban J connectivity index is 1.67. The molecule has 138 valence electrons. The van der Waals surface area contributed by atoms with Crippen LogP contribution in [0.4, 0.5) is 0 Å². The molecule has 6 nitrogen and oxygen atoms in total. The molecular formula is C20H27N5O. The molecule has 0 radical (unpaired) electrons. The van der Waals surface area contributed by atoms with Crippen LogP contribution in [0, 0.1) is 0 Å². The Hall–Kier alpha value is -2.21. The molecule has 1 atom stereocenters. The minimum atomic E-state index is -0.394. The Morgan fingerprint density at radius 3 is 2.73 bits per heavy atom. The predicted molar refractivity (Wildman–Crippen MR) is 100 cm³/mol. The number of likely N-dealkylation sites (tertiary alicyclic amines) is 1. The zero-order chi connectivity index (χ0) is 18.1. The molecule has 1 saturated heterocycles. The van der Waals surface area contributed by atoms with Crippen LogP contribution < -0.4 is 5.73 Å². The molecule has 6 heteroatoms. The lowest BCUT2D eigenvalue weighted by atomic mass is 10.1. The monoisotopic (exact) mass is 353 g/mol. The van der Waals surface area contributed by atoms with Crippen molar-refractivity contribution in [1.29, 1.82) is 0 Å². The minimum Gasteiger partial charge on any atom is -0.369 e. The highest BCUT2D eigenvalue weighted by molar-refractivity contribution is 5.75. The first kappa shape index (κ1) is 17.2. The highest BCUT2D eigenvalue weighted by Gasteiger charge is 2.23. The van der Waals surface area contributed by atoms with Crippen molar-refractivity contribution in [3.8, 4) is 5.69 Å². The van der Waals surface area contributed by atoms with Crippen molar-refractivity contribution in [2.75, 3.05) is 19.6 Å². The van der Waals surface area contributed by atoms with Gasteiger partial charge in [0.1, 0.15) is 5.82 Å². The first-order valence-electron chi connectivity index (χ1n) is 9.69. The lowest BCUT2D eigenvalue weighted by molar-refractivity contribution is -0.117. The van der Waals surface area contributed by atoms with E-state index in [4.69, 9.17) is 5.73 Å². The van der Waals surface area contributed by atoms with Crippen molar-refractivity contribution < 1.29 is 4.79 Å². The number of primary amides is 1. The number of fused-ring (bicyclic) bond motifs is 1. The standard InChI is InChI=1S/C20H27N5O/c1-14(13-24-9-2-3-10-24)20-22-19(12-18(21)26)23-25(20)17-8-7-15-5-4-6-16(15)11-17/h7-8,11,14H,2-6,9-10,12-13H2,1H3,(H2,21,26). The molecule has 2 aliphatic rings. The number of hydrogen-bond donors (Lipinski definition) is 1. The molecule has 0 spiro atoms. The van der Waals surface area contributed by atoms with Gasteiger partial charge < -0.3 is 10.6 Å². The summed E-state index contributed by atoms with van der Waals surface area (Å²) >= 11 is 0. The van der Waals surface area contributed by atoms with Crippen LogP contribution in [0.2, 0.25) is 0 Å². The van der Waals surface area contributed by atoms with Crippen molar-refractivity contribution >= 4 is 5.91 Å². The van der Waals surface area contributed by atoms with Crippen LogP contribution >= 0.6 is 0 Å².